The number of aromatic nitrogens is 1. The number of nitrogens with one attached hydrogen (secondary N) is 1. The second-order valence-electron chi connectivity index (χ2n) is 9.03. The Kier molecular flexibility index (Phi) is 5.23. The number of hydrogen-bond acceptors (Lipinski definition) is 4. The highest BCUT2D eigenvalue weighted by Crippen LogP contribution is 2.40. The summed E-state index contributed by atoms with van der Waals surface area (Å²) < 4.78 is 14.8. The average Bonchev–Trinajstić information content (AvgIpc) is 3.58. The lowest BCUT2D eigenvalue weighted by Gasteiger charge is -2.36. The fraction of sp³-hybridized carbons (Fsp3) is 0.458. The maximum absolute atomic E-state index is 14.8. The number of benzene rings is 1. The van der Waals surface area contributed by atoms with Crippen LogP contribution in [0.1, 0.15) is 47.2 Å². The predicted molar refractivity (Wildman–Crippen MR) is 121 cm³/mol. The molecule has 1 aromatic heterocycles. The van der Waals surface area contributed by atoms with Crippen LogP contribution in [0.5, 0.6) is 0 Å². The largest absolute Gasteiger partial charge is 0.353 e. The molecule has 3 heterocycles. The lowest BCUT2D eigenvalue weighted by molar-refractivity contribution is 0.0742. The third kappa shape index (κ3) is 3.78. The lowest BCUT2D eigenvalue weighted by Crippen LogP contribution is -2.49. The van der Waals surface area contributed by atoms with Gasteiger partial charge in [-0.25, -0.2) is 14.2 Å². The van der Waals surface area contributed by atoms with Gasteiger partial charge in [-0.2, -0.15) is 0 Å². The van der Waals surface area contributed by atoms with Crippen molar-refractivity contribution in [2.75, 3.05) is 42.5 Å². The first-order valence-corrected chi connectivity index (χ1v) is 11.3. The first kappa shape index (κ1) is 20.7. The molecule has 0 spiro atoms. The number of amides is 3. The fourth-order valence-corrected chi connectivity index (χ4v) is 4.66. The number of carbonyl (C=O) groups excluding carboxylic acids is 2. The van der Waals surface area contributed by atoms with Crippen LogP contribution in [0.3, 0.4) is 0 Å². The number of urea groups is 1. The van der Waals surface area contributed by atoms with Crippen LogP contribution in [0, 0.1) is 12.7 Å². The summed E-state index contributed by atoms with van der Waals surface area (Å²) in [6.45, 7) is 6.84. The van der Waals surface area contributed by atoms with Gasteiger partial charge in [0.05, 0.1) is 11.6 Å². The molecule has 3 fully saturated rings. The predicted octanol–water partition coefficient (Wildman–Crippen LogP) is 3.29. The number of pyridine rings is 1. The standard InChI is InChI=1S/C24H28FN5O2/c1-15-11-18(17-3-4-17)14-26-22(15)28-7-9-29(10-8-28)23(31)20-6-5-19(12-21(20)25)30-16(2)13-27-24(30)32/h5-6,11-12,14,16-17H,3-4,7-10,13H2,1-2H3,(H,27,32). The number of hydrogen-bond donors (Lipinski definition) is 1. The molecule has 2 aromatic rings. The third-order valence-electron chi connectivity index (χ3n) is 6.66. The normalized spacial score (nSPS) is 21.2. The molecule has 8 heteroatoms. The molecule has 1 aliphatic carbocycles. The molecule has 5 rings (SSSR count). The summed E-state index contributed by atoms with van der Waals surface area (Å²) >= 11 is 0. The zero-order valence-electron chi connectivity index (χ0n) is 18.5. The Morgan fingerprint density at radius 1 is 1.16 bits per heavy atom. The molecule has 0 radical (unpaired) electrons. The SMILES string of the molecule is Cc1cc(C2CC2)cnc1N1CCN(C(=O)c2ccc(N3C(=O)NCC3C)cc2F)CC1. The second-order valence-corrected chi connectivity index (χ2v) is 9.03. The minimum atomic E-state index is -0.602. The highest BCUT2D eigenvalue weighted by molar-refractivity contribution is 5.97. The molecule has 2 saturated heterocycles. The van der Waals surface area contributed by atoms with E-state index in [9.17, 15) is 14.0 Å². The highest BCUT2D eigenvalue weighted by Gasteiger charge is 2.31. The third-order valence-corrected chi connectivity index (χ3v) is 6.66. The number of piperazine rings is 1. The number of aryl methyl sites for hydroxylation is 1. The number of nitrogens with zero attached hydrogens (tertiary/aromatic N) is 4. The average molecular weight is 438 g/mol. The molecule has 0 bridgehead atoms. The Balaban J connectivity index is 1.25. The first-order valence-electron chi connectivity index (χ1n) is 11.3. The van der Waals surface area contributed by atoms with Crippen molar-refractivity contribution >= 4 is 23.4 Å². The summed E-state index contributed by atoms with van der Waals surface area (Å²) in [5.74, 6) is 0.723. The number of carbonyl (C=O) groups is 2. The van der Waals surface area contributed by atoms with E-state index in [2.05, 4.69) is 23.2 Å². The van der Waals surface area contributed by atoms with E-state index in [1.54, 1.807) is 11.0 Å². The minimum absolute atomic E-state index is 0.0394. The summed E-state index contributed by atoms with van der Waals surface area (Å²) in [6.07, 6.45) is 4.49. The summed E-state index contributed by atoms with van der Waals surface area (Å²) in [4.78, 5) is 35.1. The molecule has 7 nitrogen and oxygen atoms in total. The molecule has 2 aliphatic heterocycles. The van der Waals surface area contributed by atoms with E-state index >= 15 is 0 Å². The van der Waals surface area contributed by atoms with Crippen LogP contribution in [-0.4, -0.2) is 60.6 Å². The maximum atomic E-state index is 14.8. The van der Waals surface area contributed by atoms with Gasteiger partial charge < -0.3 is 15.1 Å². The zero-order chi connectivity index (χ0) is 22.4. The van der Waals surface area contributed by atoms with E-state index in [-0.39, 0.29) is 23.5 Å². The zero-order valence-corrected chi connectivity index (χ0v) is 18.5. The summed E-state index contributed by atoms with van der Waals surface area (Å²) in [7, 11) is 0. The van der Waals surface area contributed by atoms with Gasteiger partial charge in [0, 0.05) is 44.6 Å². The van der Waals surface area contributed by atoms with E-state index in [1.807, 2.05) is 13.1 Å². The van der Waals surface area contributed by atoms with Crippen molar-refractivity contribution < 1.29 is 14.0 Å². The van der Waals surface area contributed by atoms with Crippen molar-refractivity contribution in [1.82, 2.24) is 15.2 Å². The van der Waals surface area contributed by atoms with Crippen molar-refractivity contribution in [2.45, 2.75) is 38.6 Å². The number of anilines is 2. The molecule has 168 valence electrons. The van der Waals surface area contributed by atoms with Gasteiger partial charge in [0.2, 0.25) is 0 Å². The van der Waals surface area contributed by atoms with Crippen molar-refractivity contribution in [1.29, 1.82) is 0 Å². The van der Waals surface area contributed by atoms with Gasteiger partial charge in [0.25, 0.3) is 5.91 Å². The van der Waals surface area contributed by atoms with E-state index in [0.29, 0.717) is 44.3 Å². The summed E-state index contributed by atoms with van der Waals surface area (Å²) in [5.41, 5.74) is 2.98. The van der Waals surface area contributed by atoms with Gasteiger partial charge in [-0.05, 0) is 61.9 Å². The summed E-state index contributed by atoms with van der Waals surface area (Å²) in [5, 5.41) is 2.74. The van der Waals surface area contributed by atoms with Crippen LogP contribution in [0.4, 0.5) is 20.7 Å². The smallest absolute Gasteiger partial charge is 0.322 e. The van der Waals surface area contributed by atoms with E-state index in [4.69, 9.17) is 4.98 Å². The van der Waals surface area contributed by atoms with Crippen LogP contribution < -0.4 is 15.1 Å². The van der Waals surface area contributed by atoms with Crippen molar-refractivity contribution in [3.63, 3.8) is 0 Å². The monoisotopic (exact) mass is 437 g/mol. The van der Waals surface area contributed by atoms with Crippen LogP contribution in [0.25, 0.3) is 0 Å². The highest BCUT2D eigenvalue weighted by atomic mass is 19.1. The molecular weight excluding hydrogens is 409 g/mol. The minimum Gasteiger partial charge on any atom is -0.353 e. The van der Waals surface area contributed by atoms with Gasteiger partial charge in [0.1, 0.15) is 11.6 Å². The Morgan fingerprint density at radius 2 is 1.91 bits per heavy atom. The van der Waals surface area contributed by atoms with Crippen molar-refractivity contribution in [3.05, 3.63) is 53.0 Å². The van der Waals surface area contributed by atoms with Gasteiger partial charge in [-0.15, -0.1) is 0 Å². The lowest BCUT2D eigenvalue weighted by atomic mass is 10.1. The molecule has 32 heavy (non-hydrogen) atoms. The molecule has 3 amide bonds. The van der Waals surface area contributed by atoms with Gasteiger partial charge in [0.15, 0.2) is 0 Å². The van der Waals surface area contributed by atoms with Gasteiger partial charge >= 0.3 is 6.03 Å². The Labute approximate surface area is 187 Å². The number of rotatable bonds is 4. The fourth-order valence-electron chi connectivity index (χ4n) is 4.66. The Bertz CT molecular complexity index is 1060. The topological polar surface area (TPSA) is 68.8 Å². The van der Waals surface area contributed by atoms with E-state index in [1.165, 1.54) is 35.4 Å². The Morgan fingerprint density at radius 3 is 2.50 bits per heavy atom. The summed E-state index contributed by atoms with van der Waals surface area (Å²) in [6, 6.07) is 6.33. The van der Waals surface area contributed by atoms with Gasteiger partial charge in [-0.3, -0.25) is 9.69 Å². The molecule has 1 unspecified atom stereocenters. The van der Waals surface area contributed by atoms with Crippen LogP contribution in [0.2, 0.25) is 0 Å². The maximum Gasteiger partial charge on any atom is 0.322 e. The second kappa shape index (κ2) is 8.07. The van der Waals surface area contributed by atoms with Crippen LogP contribution >= 0.6 is 0 Å². The molecule has 1 N–H and O–H groups in total. The number of halogens is 1. The molecular formula is C24H28FN5O2. The molecule has 1 saturated carbocycles. The quantitative estimate of drug-likeness (QED) is 0.797. The Hall–Kier alpha value is -3.16. The van der Waals surface area contributed by atoms with Crippen LogP contribution in [-0.2, 0) is 0 Å². The molecule has 1 atom stereocenters. The van der Waals surface area contributed by atoms with E-state index < -0.39 is 5.82 Å². The first-order chi connectivity index (χ1) is 15.4. The molecule has 3 aliphatic rings. The van der Waals surface area contributed by atoms with E-state index in [0.717, 1.165) is 11.4 Å². The molecule has 1 aromatic carbocycles. The van der Waals surface area contributed by atoms with Crippen molar-refractivity contribution in [3.8, 4) is 0 Å². The van der Waals surface area contributed by atoms with Gasteiger partial charge in [-0.1, -0.05) is 6.07 Å². The van der Waals surface area contributed by atoms with Crippen molar-refractivity contribution in [2.24, 2.45) is 0 Å². The van der Waals surface area contributed by atoms with Crippen LogP contribution in [0.15, 0.2) is 30.5 Å².